The van der Waals surface area contributed by atoms with Crippen molar-refractivity contribution in [3.63, 3.8) is 0 Å². The van der Waals surface area contributed by atoms with Gasteiger partial charge in [0.25, 0.3) is 0 Å². The first-order valence-corrected chi connectivity index (χ1v) is 12.4. The smallest absolute Gasteiger partial charge is 0.242 e. The average molecular weight is 492 g/mol. The Morgan fingerprint density at radius 3 is 2.18 bits per heavy atom. The Hall–Kier alpha value is -2.04. The number of nitrogens with one attached hydrogen (secondary N) is 1. The van der Waals surface area contributed by atoms with Gasteiger partial charge in [0.15, 0.2) is 0 Å². The SMILES string of the molecule is CCCCNC(=O)C(C)N(Cc1c(Cl)cccc1Cl)C(=O)CCc1ccc(C(C)(C)C)cc1. The summed E-state index contributed by atoms with van der Waals surface area (Å²) in [6, 6.07) is 13.0. The van der Waals surface area contributed by atoms with Crippen LogP contribution in [0.15, 0.2) is 42.5 Å². The van der Waals surface area contributed by atoms with E-state index in [1.54, 1.807) is 30.0 Å². The second kappa shape index (κ2) is 12.4. The lowest BCUT2D eigenvalue weighted by atomic mass is 9.86. The fraction of sp³-hybridized carbons (Fsp3) is 0.481. The summed E-state index contributed by atoms with van der Waals surface area (Å²) in [5, 5.41) is 3.90. The van der Waals surface area contributed by atoms with Crippen LogP contribution in [0.5, 0.6) is 0 Å². The molecule has 0 saturated carbocycles. The van der Waals surface area contributed by atoms with Gasteiger partial charge in [0.2, 0.25) is 11.8 Å². The van der Waals surface area contributed by atoms with Crippen LogP contribution >= 0.6 is 23.2 Å². The van der Waals surface area contributed by atoms with Crippen LogP contribution in [0.25, 0.3) is 0 Å². The van der Waals surface area contributed by atoms with Crippen molar-refractivity contribution in [2.75, 3.05) is 6.54 Å². The van der Waals surface area contributed by atoms with Crippen molar-refractivity contribution in [1.29, 1.82) is 0 Å². The van der Waals surface area contributed by atoms with Gasteiger partial charge in [-0.1, -0.05) is 87.6 Å². The zero-order valence-electron chi connectivity index (χ0n) is 20.4. The van der Waals surface area contributed by atoms with E-state index in [0.717, 1.165) is 18.4 Å². The summed E-state index contributed by atoms with van der Waals surface area (Å²) in [5.74, 6) is -0.279. The van der Waals surface area contributed by atoms with E-state index < -0.39 is 6.04 Å². The molecule has 1 N–H and O–H groups in total. The summed E-state index contributed by atoms with van der Waals surface area (Å²) in [6.07, 6.45) is 2.78. The van der Waals surface area contributed by atoms with Crippen LogP contribution < -0.4 is 5.32 Å². The van der Waals surface area contributed by atoms with Crippen molar-refractivity contribution in [2.24, 2.45) is 0 Å². The second-order valence-electron chi connectivity index (χ2n) is 9.49. The maximum absolute atomic E-state index is 13.3. The van der Waals surface area contributed by atoms with Gasteiger partial charge in [0, 0.05) is 35.1 Å². The summed E-state index contributed by atoms with van der Waals surface area (Å²) in [4.78, 5) is 27.6. The van der Waals surface area contributed by atoms with E-state index >= 15 is 0 Å². The molecule has 2 aromatic rings. The van der Waals surface area contributed by atoms with Crippen molar-refractivity contribution >= 4 is 35.0 Å². The number of unbranched alkanes of at least 4 members (excludes halogenated alkanes) is 1. The van der Waals surface area contributed by atoms with E-state index in [9.17, 15) is 9.59 Å². The van der Waals surface area contributed by atoms with Crippen molar-refractivity contribution < 1.29 is 9.59 Å². The molecule has 180 valence electrons. The molecule has 2 rings (SSSR count). The molecule has 2 amide bonds. The van der Waals surface area contributed by atoms with E-state index in [0.29, 0.717) is 35.0 Å². The van der Waals surface area contributed by atoms with Crippen LogP contribution in [0.1, 0.15) is 70.6 Å². The lowest BCUT2D eigenvalue weighted by Gasteiger charge is -2.29. The quantitative estimate of drug-likeness (QED) is 0.383. The van der Waals surface area contributed by atoms with E-state index in [1.807, 2.05) is 0 Å². The highest BCUT2D eigenvalue weighted by atomic mass is 35.5. The van der Waals surface area contributed by atoms with Gasteiger partial charge in [-0.05, 0) is 48.4 Å². The molecule has 1 unspecified atom stereocenters. The molecular weight excluding hydrogens is 455 g/mol. The molecule has 1 atom stereocenters. The molecule has 0 aliphatic carbocycles. The molecule has 2 aromatic carbocycles. The fourth-order valence-electron chi connectivity index (χ4n) is 3.54. The number of nitrogens with zero attached hydrogens (tertiary/aromatic N) is 1. The minimum absolute atomic E-state index is 0.0833. The normalized spacial score (nSPS) is 12.3. The minimum Gasteiger partial charge on any atom is -0.354 e. The molecule has 0 aromatic heterocycles. The number of aryl methyl sites for hydroxylation is 1. The van der Waals surface area contributed by atoms with Gasteiger partial charge in [-0.25, -0.2) is 0 Å². The lowest BCUT2D eigenvalue weighted by Crippen LogP contribution is -2.48. The van der Waals surface area contributed by atoms with Gasteiger partial charge in [0.05, 0.1) is 0 Å². The van der Waals surface area contributed by atoms with E-state index in [-0.39, 0.29) is 23.8 Å². The molecule has 0 saturated heterocycles. The van der Waals surface area contributed by atoms with Crippen molar-refractivity contribution in [3.05, 3.63) is 69.2 Å². The maximum Gasteiger partial charge on any atom is 0.242 e. The number of hydrogen-bond donors (Lipinski definition) is 1. The second-order valence-corrected chi connectivity index (χ2v) is 10.3. The molecule has 4 nitrogen and oxygen atoms in total. The number of amides is 2. The van der Waals surface area contributed by atoms with Crippen LogP contribution in [-0.2, 0) is 28.0 Å². The van der Waals surface area contributed by atoms with Crippen LogP contribution in [-0.4, -0.2) is 29.3 Å². The molecule has 0 spiro atoms. The Morgan fingerprint density at radius 1 is 1.03 bits per heavy atom. The number of halogens is 2. The predicted octanol–water partition coefficient (Wildman–Crippen LogP) is 6.56. The standard InChI is InChI=1S/C27H36Cl2N2O2/c1-6-7-17-30-26(33)19(2)31(18-22-23(28)9-8-10-24(22)29)25(32)16-13-20-11-14-21(15-12-20)27(3,4)5/h8-12,14-15,19H,6-7,13,16-18H2,1-5H3,(H,30,33). The van der Waals surface area contributed by atoms with Gasteiger partial charge in [-0.3, -0.25) is 9.59 Å². The van der Waals surface area contributed by atoms with Gasteiger partial charge < -0.3 is 10.2 Å². The van der Waals surface area contributed by atoms with E-state index in [1.165, 1.54) is 5.56 Å². The van der Waals surface area contributed by atoms with Crippen LogP contribution in [0.3, 0.4) is 0 Å². The maximum atomic E-state index is 13.3. The summed E-state index contributed by atoms with van der Waals surface area (Å²) >= 11 is 12.7. The third kappa shape index (κ3) is 8.04. The highest BCUT2D eigenvalue weighted by Gasteiger charge is 2.27. The summed E-state index contributed by atoms with van der Waals surface area (Å²) in [6.45, 7) is 11.1. The predicted molar refractivity (Wildman–Crippen MR) is 138 cm³/mol. The number of carbonyl (C=O) groups is 2. The first kappa shape index (κ1) is 27.2. The molecule has 0 bridgehead atoms. The van der Waals surface area contributed by atoms with Crippen molar-refractivity contribution in [2.45, 2.75) is 78.3 Å². The van der Waals surface area contributed by atoms with Crippen molar-refractivity contribution in [1.82, 2.24) is 10.2 Å². The molecule has 0 radical (unpaired) electrons. The number of hydrogen-bond acceptors (Lipinski definition) is 2. The Morgan fingerprint density at radius 2 is 1.64 bits per heavy atom. The average Bonchev–Trinajstić information content (AvgIpc) is 2.76. The van der Waals surface area contributed by atoms with Gasteiger partial charge in [-0.2, -0.15) is 0 Å². The van der Waals surface area contributed by atoms with Gasteiger partial charge in [-0.15, -0.1) is 0 Å². The highest BCUT2D eigenvalue weighted by Crippen LogP contribution is 2.27. The van der Waals surface area contributed by atoms with Crippen LogP contribution in [0, 0.1) is 0 Å². The summed E-state index contributed by atoms with van der Waals surface area (Å²) < 4.78 is 0. The molecule has 0 fully saturated rings. The molecule has 0 aliphatic rings. The van der Waals surface area contributed by atoms with Crippen molar-refractivity contribution in [3.8, 4) is 0 Å². The Bertz CT molecular complexity index is 916. The van der Waals surface area contributed by atoms with Crippen LogP contribution in [0.4, 0.5) is 0 Å². The molecule has 33 heavy (non-hydrogen) atoms. The third-order valence-electron chi connectivity index (χ3n) is 5.83. The topological polar surface area (TPSA) is 49.4 Å². The van der Waals surface area contributed by atoms with E-state index in [2.05, 4.69) is 57.3 Å². The molecule has 6 heteroatoms. The highest BCUT2D eigenvalue weighted by molar-refractivity contribution is 6.36. The number of benzene rings is 2. The van der Waals surface area contributed by atoms with E-state index in [4.69, 9.17) is 23.2 Å². The first-order valence-electron chi connectivity index (χ1n) is 11.6. The Labute approximate surface area is 208 Å². The summed E-state index contributed by atoms with van der Waals surface area (Å²) in [5.41, 5.74) is 3.08. The monoisotopic (exact) mass is 490 g/mol. The minimum atomic E-state index is -0.634. The molecular formula is C27H36Cl2N2O2. The zero-order chi connectivity index (χ0) is 24.6. The Kier molecular flexibility index (Phi) is 10.2. The molecule has 0 aliphatic heterocycles. The third-order valence-corrected chi connectivity index (χ3v) is 6.54. The lowest BCUT2D eigenvalue weighted by molar-refractivity contribution is -0.140. The summed E-state index contributed by atoms with van der Waals surface area (Å²) in [7, 11) is 0. The largest absolute Gasteiger partial charge is 0.354 e. The Balaban J connectivity index is 2.17. The number of rotatable bonds is 10. The van der Waals surface area contributed by atoms with Gasteiger partial charge >= 0.3 is 0 Å². The number of carbonyl (C=O) groups excluding carboxylic acids is 2. The molecule has 0 heterocycles. The first-order chi connectivity index (χ1) is 15.5. The van der Waals surface area contributed by atoms with Gasteiger partial charge in [0.1, 0.15) is 6.04 Å². The van der Waals surface area contributed by atoms with Crippen LogP contribution in [0.2, 0.25) is 10.0 Å². The zero-order valence-corrected chi connectivity index (χ0v) is 21.9. The fourth-order valence-corrected chi connectivity index (χ4v) is 4.06.